The molecule has 0 radical (unpaired) electrons. The number of unbranched alkanes of at least 4 members (excludes halogenated alkanes) is 1. The molecule has 0 aliphatic rings. The maximum Gasteiger partial charge on any atom is 0.334 e. The molecule has 0 spiro atoms. The van der Waals surface area contributed by atoms with Gasteiger partial charge in [-0.25, -0.2) is 4.79 Å². The minimum atomic E-state index is -1.01. The van der Waals surface area contributed by atoms with Gasteiger partial charge in [0.05, 0.1) is 119 Å². The van der Waals surface area contributed by atoms with Crippen molar-refractivity contribution in [2.45, 2.75) is 57.4 Å². The lowest BCUT2D eigenvalue weighted by Gasteiger charge is -2.19. The van der Waals surface area contributed by atoms with Crippen molar-refractivity contribution in [3.05, 3.63) is 71.3 Å². The topological polar surface area (TPSA) is 235 Å². The fourth-order valence-corrected chi connectivity index (χ4v) is 5.95. The van der Waals surface area contributed by atoms with Crippen molar-refractivity contribution in [3.8, 4) is 0 Å². The van der Waals surface area contributed by atoms with Crippen LogP contribution in [0.2, 0.25) is 0 Å². The Morgan fingerprint density at radius 1 is 0.471 bits per heavy atom. The molecule has 2 aromatic carbocycles. The quantitative estimate of drug-likeness (QED) is 0.0547. The minimum Gasteiger partial charge on any atom is -0.382 e. The first-order chi connectivity index (χ1) is 33.3. The van der Waals surface area contributed by atoms with E-state index in [1.807, 2.05) is 42.5 Å². The van der Waals surface area contributed by atoms with Crippen LogP contribution in [0.3, 0.4) is 0 Å². The van der Waals surface area contributed by atoms with Gasteiger partial charge < -0.3 is 68.2 Å². The molecule has 0 unspecified atom stereocenters. The summed E-state index contributed by atoms with van der Waals surface area (Å²) in [6.07, 6.45) is 4.37. The predicted molar refractivity (Wildman–Crippen MR) is 250 cm³/mol. The van der Waals surface area contributed by atoms with E-state index in [2.05, 4.69) is 33.6 Å². The monoisotopic (exact) mass is 965 g/mol. The number of amides is 4. The van der Waals surface area contributed by atoms with E-state index in [0.717, 1.165) is 31.2 Å². The van der Waals surface area contributed by atoms with Crippen molar-refractivity contribution in [1.29, 1.82) is 0 Å². The van der Waals surface area contributed by atoms with Gasteiger partial charge in [0, 0.05) is 27.3 Å². The summed E-state index contributed by atoms with van der Waals surface area (Å²) in [6.45, 7) is 5.75. The van der Waals surface area contributed by atoms with Gasteiger partial charge in [0.2, 0.25) is 17.7 Å². The molecule has 384 valence electrons. The van der Waals surface area contributed by atoms with Gasteiger partial charge in [0.25, 0.3) is 5.91 Å². The second kappa shape index (κ2) is 42.5. The SMILES string of the molecule is COCCOCCOCCOCCOCC(=O)NCCC[C@H](NC(=O)COCCOCCOCCOCCOC)C(=O)NCCC(=O)ONC(=O)Cc1ccc(CCCCc2ccccc2)cc1. The van der Waals surface area contributed by atoms with E-state index in [1.165, 1.54) is 11.1 Å². The van der Waals surface area contributed by atoms with E-state index in [9.17, 15) is 24.0 Å². The fraction of sp³-hybridized carbons (Fsp3) is 0.646. The van der Waals surface area contributed by atoms with Gasteiger partial charge in [-0.3, -0.25) is 19.2 Å². The predicted octanol–water partition coefficient (Wildman–Crippen LogP) is 1.68. The Kier molecular flexibility index (Phi) is 37.2. The third kappa shape index (κ3) is 34.6. The molecule has 4 N–H and O–H groups in total. The van der Waals surface area contributed by atoms with Gasteiger partial charge in [-0.05, 0) is 55.2 Å². The van der Waals surface area contributed by atoms with Crippen molar-refractivity contribution in [2.24, 2.45) is 0 Å². The number of rotatable bonds is 44. The molecule has 0 fully saturated rings. The van der Waals surface area contributed by atoms with Crippen LogP contribution < -0.4 is 21.4 Å². The van der Waals surface area contributed by atoms with Crippen LogP contribution >= 0.6 is 0 Å². The highest BCUT2D eigenvalue weighted by atomic mass is 16.7. The molecular weight excluding hydrogens is 889 g/mol. The number of hydroxylamine groups is 1. The van der Waals surface area contributed by atoms with E-state index in [1.54, 1.807) is 14.2 Å². The molecule has 20 heteroatoms. The minimum absolute atomic E-state index is 0.0184. The lowest BCUT2D eigenvalue weighted by Crippen LogP contribution is -2.48. The first-order valence-corrected chi connectivity index (χ1v) is 23.3. The molecular formula is C48H76N4O16. The van der Waals surface area contributed by atoms with Crippen LogP contribution in [0.25, 0.3) is 0 Å². The Morgan fingerprint density at radius 3 is 1.44 bits per heavy atom. The average Bonchev–Trinajstić information content (AvgIpc) is 3.34. The zero-order chi connectivity index (χ0) is 49.0. The van der Waals surface area contributed by atoms with Crippen LogP contribution in [0.4, 0.5) is 0 Å². The third-order valence-electron chi connectivity index (χ3n) is 9.52. The van der Waals surface area contributed by atoms with Crippen molar-refractivity contribution in [1.82, 2.24) is 21.4 Å². The fourth-order valence-electron chi connectivity index (χ4n) is 5.95. The maximum absolute atomic E-state index is 13.2. The second-order valence-corrected chi connectivity index (χ2v) is 15.1. The summed E-state index contributed by atoms with van der Waals surface area (Å²) in [6, 6.07) is 17.1. The molecule has 0 heterocycles. The number of methoxy groups -OCH3 is 2. The average molecular weight is 965 g/mol. The van der Waals surface area contributed by atoms with E-state index >= 15 is 0 Å². The van der Waals surface area contributed by atoms with Crippen LogP contribution in [0.5, 0.6) is 0 Å². The van der Waals surface area contributed by atoms with Gasteiger partial charge in [0.15, 0.2) is 0 Å². The molecule has 1 atom stereocenters. The van der Waals surface area contributed by atoms with Crippen molar-refractivity contribution in [3.63, 3.8) is 0 Å². The van der Waals surface area contributed by atoms with Gasteiger partial charge >= 0.3 is 5.97 Å². The van der Waals surface area contributed by atoms with Gasteiger partial charge in [-0.15, -0.1) is 0 Å². The number of benzene rings is 2. The highest BCUT2D eigenvalue weighted by Gasteiger charge is 2.21. The summed E-state index contributed by atoms with van der Waals surface area (Å²) in [5.41, 5.74) is 5.45. The number of ether oxygens (including phenoxy) is 10. The Hall–Kier alpha value is -4.61. The van der Waals surface area contributed by atoms with Crippen LogP contribution in [-0.4, -0.2) is 182 Å². The summed E-state index contributed by atoms with van der Waals surface area (Å²) in [4.78, 5) is 68.1. The summed E-state index contributed by atoms with van der Waals surface area (Å²) >= 11 is 0. The number of hydrogen-bond donors (Lipinski definition) is 4. The van der Waals surface area contributed by atoms with E-state index < -0.39 is 29.7 Å². The van der Waals surface area contributed by atoms with Crippen LogP contribution in [0.1, 0.15) is 48.8 Å². The zero-order valence-corrected chi connectivity index (χ0v) is 40.1. The molecule has 20 nitrogen and oxygen atoms in total. The Bertz CT molecular complexity index is 1590. The second-order valence-electron chi connectivity index (χ2n) is 15.1. The van der Waals surface area contributed by atoms with Crippen molar-refractivity contribution >= 4 is 29.6 Å². The molecule has 0 saturated heterocycles. The smallest absolute Gasteiger partial charge is 0.334 e. The summed E-state index contributed by atoms with van der Waals surface area (Å²) < 4.78 is 52.9. The molecule has 0 saturated carbocycles. The standard InChI is InChI=1S/C48H76N4O16/c1-58-21-23-60-25-27-62-29-31-64-33-35-66-38-45(54)49-19-8-13-43(51-46(55)39-67-36-34-65-32-30-63-28-26-61-24-22-59-2)48(57)50-20-18-47(56)68-52-44(53)37-42-16-14-41(15-17-42)12-7-6-11-40-9-4-3-5-10-40/h3-5,9-10,14-17,43H,6-8,11-13,18-39H2,1-2H3,(H,49,54)(H,50,57)(H,51,55)(H,52,53)/t43-/m0/s1. The normalized spacial score (nSPS) is 11.5. The lowest BCUT2D eigenvalue weighted by molar-refractivity contribution is -0.158. The molecule has 2 rings (SSSR count). The molecule has 0 bridgehead atoms. The Balaban J connectivity index is 1.67. The van der Waals surface area contributed by atoms with E-state index in [-0.39, 0.29) is 77.9 Å². The number of carbonyl (C=O) groups is 5. The molecule has 4 amide bonds. The van der Waals surface area contributed by atoms with Crippen molar-refractivity contribution < 1.29 is 76.2 Å². The first kappa shape index (κ1) is 59.5. The van der Waals surface area contributed by atoms with Crippen LogP contribution in [-0.2, 0) is 95.4 Å². The van der Waals surface area contributed by atoms with Crippen molar-refractivity contribution in [2.75, 3.05) is 146 Å². The number of aryl methyl sites for hydroxylation is 2. The molecule has 68 heavy (non-hydrogen) atoms. The first-order valence-electron chi connectivity index (χ1n) is 23.3. The number of nitrogens with one attached hydrogen (secondary N) is 4. The number of carbonyl (C=O) groups excluding carboxylic acids is 5. The summed E-state index contributed by atoms with van der Waals surface area (Å²) in [7, 11) is 3.21. The highest BCUT2D eigenvalue weighted by molar-refractivity contribution is 5.88. The van der Waals surface area contributed by atoms with Gasteiger partial charge in [-0.1, -0.05) is 54.6 Å². The lowest BCUT2D eigenvalue weighted by atomic mass is 10.0. The highest BCUT2D eigenvalue weighted by Crippen LogP contribution is 2.11. The summed E-state index contributed by atoms with van der Waals surface area (Å²) in [5.74, 6) is -2.72. The number of hydrogen-bond acceptors (Lipinski definition) is 16. The molecule has 0 aromatic heterocycles. The molecule has 0 aliphatic carbocycles. The van der Waals surface area contributed by atoms with Crippen LogP contribution in [0.15, 0.2) is 54.6 Å². The van der Waals surface area contributed by atoms with E-state index in [4.69, 9.17) is 52.2 Å². The van der Waals surface area contributed by atoms with Crippen LogP contribution in [0, 0.1) is 0 Å². The zero-order valence-electron chi connectivity index (χ0n) is 40.1. The Morgan fingerprint density at radius 2 is 0.926 bits per heavy atom. The summed E-state index contributed by atoms with van der Waals surface area (Å²) in [5, 5.41) is 8.00. The van der Waals surface area contributed by atoms with Gasteiger partial charge in [-0.2, -0.15) is 5.48 Å². The molecule has 0 aliphatic heterocycles. The third-order valence-corrected chi connectivity index (χ3v) is 9.52. The molecule has 2 aromatic rings. The maximum atomic E-state index is 13.2. The van der Waals surface area contributed by atoms with Gasteiger partial charge in [0.1, 0.15) is 19.3 Å². The Labute approximate surface area is 401 Å². The van der Waals surface area contributed by atoms with E-state index in [0.29, 0.717) is 85.7 Å². The largest absolute Gasteiger partial charge is 0.382 e.